The van der Waals surface area contributed by atoms with Crippen molar-refractivity contribution in [3.05, 3.63) is 29.8 Å². The van der Waals surface area contributed by atoms with Gasteiger partial charge in [-0.3, -0.25) is 4.79 Å². The van der Waals surface area contributed by atoms with Crippen LogP contribution in [0.3, 0.4) is 0 Å². The van der Waals surface area contributed by atoms with Gasteiger partial charge in [-0.05, 0) is 75.4 Å². The average molecular weight is 709 g/mol. The van der Waals surface area contributed by atoms with Gasteiger partial charge in [0.2, 0.25) is 0 Å². The lowest BCUT2D eigenvalue weighted by Gasteiger charge is -2.51. The highest BCUT2D eigenvalue weighted by Gasteiger charge is 2.66. The summed E-state index contributed by atoms with van der Waals surface area (Å²) in [7, 11) is 0.719. The van der Waals surface area contributed by atoms with Crippen LogP contribution in [0.4, 0.5) is 0 Å². The van der Waals surface area contributed by atoms with Crippen LogP contribution in [0.15, 0.2) is 24.3 Å². The Morgan fingerprint density at radius 1 is 1.06 bits per heavy atom. The number of ether oxygens (including phenoxy) is 6. The molecule has 3 fully saturated rings. The van der Waals surface area contributed by atoms with Crippen molar-refractivity contribution in [1.29, 1.82) is 0 Å². The summed E-state index contributed by atoms with van der Waals surface area (Å²) >= 11 is 0. The zero-order valence-corrected chi connectivity index (χ0v) is 33.1. The first kappa shape index (κ1) is 40.4. The van der Waals surface area contributed by atoms with E-state index in [-0.39, 0.29) is 49.8 Å². The summed E-state index contributed by atoms with van der Waals surface area (Å²) in [6.07, 6.45) is -0.413. The van der Waals surface area contributed by atoms with Crippen LogP contribution in [0.25, 0.3) is 0 Å². The van der Waals surface area contributed by atoms with Gasteiger partial charge in [0, 0.05) is 36.9 Å². The van der Waals surface area contributed by atoms with Crippen molar-refractivity contribution in [2.75, 3.05) is 34.2 Å². The van der Waals surface area contributed by atoms with Gasteiger partial charge in [0.1, 0.15) is 24.2 Å². The largest absolute Gasteiger partial charge is 0.497 e. The van der Waals surface area contributed by atoms with Gasteiger partial charge < -0.3 is 43.1 Å². The van der Waals surface area contributed by atoms with E-state index < -0.39 is 60.9 Å². The molecule has 1 saturated heterocycles. The van der Waals surface area contributed by atoms with E-state index in [1.165, 1.54) is 0 Å². The van der Waals surface area contributed by atoms with Gasteiger partial charge in [0.05, 0.1) is 38.1 Å². The number of ketones is 1. The van der Waals surface area contributed by atoms with Crippen molar-refractivity contribution >= 4 is 14.1 Å². The molecule has 11 heteroatoms. The molecule has 1 aromatic carbocycles. The maximum atomic E-state index is 14.9. The first-order valence-corrected chi connectivity index (χ1v) is 20.8. The summed E-state index contributed by atoms with van der Waals surface area (Å²) in [6.45, 7) is 20.9. The van der Waals surface area contributed by atoms with E-state index in [9.17, 15) is 15.0 Å². The van der Waals surface area contributed by atoms with Crippen LogP contribution in [0, 0.1) is 23.2 Å². The molecule has 0 radical (unpaired) electrons. The molecule has 1 aromatic rings. The summed E-state index contributed by atoms with van der Waals surface area (Å²) in [4.78, 5) is 14.9. The quantitative estimate of drug-likeness (QED) is 0.180. The van der Waals surface area contributed by atoms with Crippen LogP contribution in [0.5, 0.6) is 5.75 Å². The summed E-state index contributed by atoms with van der Waals surface area (Å²) in [5.41, 5.74) is -2.23. The predicted molar refractivity (Wildman–Crippen MR) is 190 cm³/mol. The third kappa shape index (κ3) is 7.85. The number of rotatable bonds is 13. The number of hydrogen-bond acceptors (Lipinski definition) is 10. The Labute approximate surface area is 295 Å². The Morgan fingerprint density at radius 2 is 1.71 bits per heavy atom. The molecule has 3 aliphatic rings. The topological polar surface area (TPSA) is 122 Å². The number of aliphatic hydroxyl groups excluding tert-OH is 1. The summed E-state index contributed by atoms with van der Waals surface area (Å²) < 4.78 is 44.3. The first-order valence-electron chi connectivity index (χ1n) is 17.9. The number of aliphatic hydroxyl groups is 2. The molecular formula is C38H64O10Si. The van der Waals surface area contributed by atoms with Gasteiger partial charge in [0.15, 0.2) is 19.9 Å². The third-order valence-corrected chi connectivity index (χ3v) is 16.9. The lowest BCUT2D eigenvalue weighted by atomic mass is 9.67. The fourth-order valence-electron chi connectivity index (χ4n) is 8.30. The summed E-state index contributed by atoms with van der Waals surface area (Å²) in [5.74, 6) is -1.71. The number of benzene rings is 1. The molecule has 49 heavy (non-hydrogen) atoms. The number of Topliss-reactive ketones (excluding diaryl/α,β-unsaturated/α-hetero) is 1. The molecule has 280 valence electrons. The van der Waals surface area contributed by atoms with E-state index in [4.69, 9.17) is 32.8 Å². The molecule has 10 nitrogen and oxygen atoms in total. The van der Waals surface area contributed by atoms with Crippen LogP contribution in [-0.2, 0) is 39.5 Å². The average Bonchev–Trinajstić information content (AvgIpc) is 3.48. The molecule has 0 spiro atoms. The van der Waals surface area contributed by atoms with Crippen LogP contribution < -0.4 is 4.74 Å². The van der Waals surface area contributed by atoms with Crippen LogP contribution in [-0.4, -0.2) is 93.8 Å². The van der Waals surface area contributed by atoms with Crippen LogP contribution >= 0.6 is 0 Å². The summed E-state index contributed by atoms with van der Waals surface area (Å²) in [5, 5.41) is 23.3. The molecule has 0 unspecified atom stereocenters. The molecular weight excluding hydrogens is 644 g/mol. The van der Waals surface area contributed by atoms with Gasteiger partial charge >= 0.3 is 0 Å². The highest BCUT2D eigenvalue weighted by molar-refractivity contribution is 6.74. The zero-order valence-electron chi connectivity index (χ0n) is 32.1. The Morgan fingerprint density at radius 3 is 2.24 bits per heavy atom. The highest BCUT2D eigenvalue weighted by Crippen LogP contribution is 2.59. The molecule has 8 atom stereocenters. The molecule has 1 heterocycles. The molecule has 0 amide bonds. The predicted octanol–water partition coefficient (Wildman–Crippen LogP) is 6.26. The maximum absolute atomic E-state index is 14.9. The smallest absolute Gasteiger partial charge is 0.192 e. The lowest BCUT2D eigenvalue weighted by molar-refractivity contribution is -0.226. The number of hydrogen-bond donors (Lipinski definition) is 2. The van der Waals surface area contributed by atoms with Gasteiger partial charge in [-0.2, -0.15) is 0 Å². The van der Waals surface area contributed by atoms with E-state index in [1.54, 1.807) is 14.2 Å². The van der Waals surface area contributed by atoms with Crippen molar-refractivity contribution in [3.63, 3.8) is 0 Å². The Balaban J connectivity index is 1.89. The molecule has 2 bridgehead atoms. The monoisotopic (exact) mass is 708 g/mol. The Bertz CT molecular complexity index is 1260. The number of fused-ring (bicyclic) bond motifs is 2. The third-order valence-electron chi connectivity index (χ3n) is 12.4. The normalized spacial score (nSPS) is 33.9. The fraction of sp³-hybridized carbons (Fsp3) is 0.816. The van der Waals surface area contributed by atoms with E-state index >= 15 is 0 Å². The fourth-order valence-corrected chi connectivity index (χ4v) is 9.65. The zero-order chi connectivity index (χ0) is 36.6. The minimum absolute atomic E-state index is 0.0431. The van der Waals surface area contributed by atoms with Crippen molar-refractivity contribution in [2.24, 2.45) is 23.2 Å². The van der Waals surface area contributed by atoms with Crippen LogP contribution in [0.2, 0.25) is 18.1 Å². The van der Waals surface area contributed by atoms with Crippen molar-refractivity contribution in [3.8, 4) is 5.75 Å². The molecule has 4 rings (SSSR count). The second-order valence-corrected chi connectivity index (χ2v) is 21.8. The molecule has 2 aliphatic carbocycles. The lowest BCUT2D eigenvalue weighted by Crippen LogP contribution is -2.61. The standard InChI is InChI=1S/C38H64O10Si/c1-25-29(37(23-46-36(7,8)48-37)30(18-20-39)44-22-26-13-15-27(43-10)16-14-26)21-31(47-49(11,12)34(2,3)4)38(41)19-17-28(35(38,5)6)33(32(25)40)45-24-42-9/h13-16,25,28-31,33,39,41H,17-24H2,1-12H3/t25-,28-,29+,30-,31+,33-,37-,38-/m1/s1. The maximum Gasteiger partial charge on any atom is 0.192 e. The number of methoxy groups -OCH3 is 2. The second kappa shape index (κ2) is 14.9. The highest BCUT2D eigenvalue weighted by atomic mass is 28.4. The van der Waals surface area contributed by atoms with Gasteiger partial charge in [-0.1, -0.05) is 53.7 Å². The van der Waals surface area contributed by atoms with Crippen LogP contribution in [0.1, 0.15) is 86.6 Å². The SMILES string of the molecule is COCO[C@H]1C(=O)[C@H](C)[C@@H]([C@@]2([C@@H](CCO)OCc3ccc(OC)cc3)COC(C)(C)O2)C[C@H](O[Si](C)(C)C(C)(C)C)[C@]2(O)CC[C@H]1C2(C)C. The molecule has 1 aliphatic heterocycles. The van der Waals surface area contributed by atoms with E-state index in [1.807, 2.05) is 45.0 Å². The number of carbonyl (C=O) groups excluding carboxylic acids is 1. The summed E-state index contributed by atoms with van der Waals surface area (Å²) in [6, 6.07) is 7.65. The van der Waals surface area contributed by atoms with Crippen molar-refractivity contribution in [1.82, 2.24) is 0 Å². The van der Waals surface area contributed by atoms with E-state index in [0.717, 1.165) is 11.3 Å². The van der Waals surface area contributed by atoms with Gasteiger partial charge in [-0.15, -0.1) is 0 Å². The second-order valence-electron chi connectivity index (χ2n) is 17.1. The Hall–Kier alpha value is -1.41. The molecule has 2 N–H and O–H groups in total. The molecule has 2 saturated carbocycles. The van der Waals surface area contributed by atoms with Crippen molar-refractivity contribution < 1.29 is 47.9 Å². The number of carbonyl (C=O) groups is 1. The minimum Gasteiger partial charge on any atom is -0.497 e. The van der Waals surface area contributed by atoms with E-state index in [0.29, 0.717) is 19.3 Å². The van der Waals surface area contributed by atoms with E-state index in [2.05, 4.69) is 47.7 Å². The first-order chi connectivity index (χ1) is 22.7. The van der Waals surface area contributed by atoms with Gasteiger partial charge in [0.25, 0.3) is 0 Å². The van der Waals surface area contributed by atoms with Crippen molar-refractivity contribution in [2.45, 2.75) is 141 Å². The molecule has 0 aromatic heterocycles. The Kier molecular flexibility index (Phi) is 12.3. The van der Waals surface area contributed by atoms with Gasteiger partial charge in [-0.25, -0.2) is 0 Å². The minimum atomic E-state index is -2.45.